The summed E-state index contributed by atoms with van der Waals surface area (Å²) >= 11 is 0. The van der Waals surface area contributed by atoms with Crippen molar-refractivity contribution in [3.05, 3.63) is 29.6 Å². The third kappa shape index (κ3) is 3.30. The molecule has 1 fully saturated rings. The third-order valence-electron chi connectivity index (χ3n) is 3.71. The van der Waals surface area contributed by atoms with Crippen molar-refractivity contribution < 1.29 is 15.0 Å². The first-order valence-corrected chi connectivity index (χ1v) is 6.68. The second-order valence-corrected chi connectivity index (χ2v) is 5.08. The van der Waals surface area contributed by atoms with E-state index in [4.69, 9.17) is 5.11 Å². The molecule has 1 aromatic heterocycles. The molecule has 1 aliphatic carbocycles. The molecule has 1 atom stereocenters. The lowest BCUT2D eigenvalue weighted by molar-refractivity contribution is 0.0232. The van der Waals surface area contributed by atoms with E-state index in [1.54, 1.807) is 12.1 Å². The minimum Gasteiger partial charge on any atom is -0.393 e. The van der Waals surface area contributed by atoms with Gasteiger partial charge in [-0.05, 0) is 42.9 Å². The van der Waals surface area contributed by atoms with Gasteiger partial charge in [-0.2, -0.15) is 0 Å². The Bertz CT molecular complexity index is 444. The minimum atomic E-state index is -0.219. The van der Waals surface area contributed by atoms with Gasteiger partial charge in [0.2, 0.25) is 0 Å². The molecule has 0 aromatic carbocycles. The molecule has 1 aliphatic rings. The molecule has 104 valence electrons. The number of aromatic nitrogens is 1. The van der Waals surface area contributed by atoms with Gasteiger partial charge in [-0.25, -0.2) is 0 Å². The average Bonchev–Trinajstić information content (AvgIpc) is 2.41. The summed E-state index contributed by atoms with van der Waals surface area (Å²) in [7, 11) is 0. The molecule has 0 aliphatic heterocycles. The van der Waals surface area contributed by atoms with Crippen molar-refractivity contribution in [3.63, 3.8) is 0 Å². The molecule has 2 rings (SSSR count). The molecule has 19 heavy (non-hydrogen) atoms. The first-order chi connectivity index (χ1) is 9.13. The first-order valence-electron chi connectivity index (χ1n) is 6.68. The van der Waals surface area contributed by atoms with Crippen LogP contribution in [0.5, 0.6) is 0 Å². The van der Waals surface area contributed by atoms with Gasteiger partial charge in [-0.15, -0.1) is 0 Å². The number of nitrogens with one attached hydrogen (secondary N) is 1. The summed E-state index contributed by atoms with van der Waals surface area (Å²) in [5.41, 5.74) is 0.997. The van der Waals surface area contributed by atoms with Gasteiger partial charge >= 0.3 is 0 Å². The van der Waals surface area contributed by atoms with Crippen LogP contribution in [0.1, 0.15) is 42.2 Å². The zero-order valence-corrected chi connectivity index (χ0v) is 11.0. The van der Waals surface area contributed by atoms with Crippen LogP contribution in [-0.4, -0.2) is 33.3 Å². The van der Waals surface area contributed by atoms with Crippen molar-refractivity contribution >= 4 is 5.91 Å². The molecule has 3 N–H and O–H groups in total. The van der Waals surface area contributed by atoms with Gasteiger partial charge in [-0.1, -0.05) is 6.92 Å². The van der Waals surface area contributed by atoms with E-state index in [0.29, 0.717) is 17.2 Å². The molecule has 1 aromatic rings. The van der Waals surface area contributed by atoms with Gasteiger partial charge in [-0.3, -0.25) is 9.78 Å². The van der Waals surface area contributed by atoms with E-state index >= 15 is 0 Å². The number of carbonyl (C=O) groups excluding carboxylic acids is 1. The topological polar surface area (TPSA) is 82.5 Å². The SMILES string of the molecule is CC[C@H](NC(=O)c1cc(CO)ccn1)C1CC(O)C1. The van der Waals surface area contributed by atoms with Crippen LogP contribution < -0.4 is 5.32 Å². The van der Waals surface area contributed by atoms with Crippen LogP contribution in [-0.2, 0) is 6.61 Å². The zero-order chi connectivity index (χ0) is 13.8. The second-order valence-electron chi connectivity index (χ2n) is 5.08. The number of amides is 1. The van der Waals surface area contributed by atoms with Crippen LogP contribution in [0.25, 0.3) is 0 Å². The average molecular weight is 264 g/mol. The van der Waals surface area contributed by atoms with Crippen LogP contribution in [0.3, 0.4) is 0 Å². The van der Waals surface area contributed by atoms with E-state index in [9.17, 15) is 9.90 Å². The number of aliphatic hydroxyl groups excluding tert-OH is 2. The molecular formula is C14H20N2O3. The quantitative estimate of drug-likeness (QED) is 0.736. The van der Waals surface area contributed by atoms with Crippen LogP contribution >= 0.6 is 0 Å². The summed E-state index contributed by atoms with van der Waals surface area (Å²) in [6.45, 7) is 1.92. The van der Waals surface area contributed by atoms with Crippen LogP contribution in [0.2, 0.25) is 0 Å². The number of carbonyl (C=O) groups is 1. The minimum absolute atomic E-state index is 0.0792. The van der Waals surface area contributed by atoms with Gasteiger partial charge in [0, 0.05) is 12.2 Å². The van der Waals surface area contributed by atoms with Crippen molar-refractivity contribution in [2.45, 2.75) is 44.9 Å². The molecule has 1 heterocycles. The molecule has 0 spiro atoms. The lowest BCUT2D eigenvalue weighted by Crippen LogP contribution is -2.46. The van der Waals surface area contributed by atoms with Crippen molar-refractivity contribution in [1.29, 1.82) is 0 Å². The van der Waals surface area contributed by atoms with Crippen LogP contribution in [0.15, 0.2) is 18.3 Å². The fourth-order valence-corrected chi connectivity index (χ4v) is 2.45. The highest BCUT2D eigenvalue weighted by molar-refractivity contribution is 5.92. The van der Waals surface area contributed by atoms with E-state index < -0.39 is 0 Å². The Morgan fingerprint density at radius 3 is 2.89 bits per heavy atom. The Morgan fingerprint density at radius 1 is 1.58 bits per heavy atom. The standard InChI is InChI=1S/C14H20N2O3/c1-2-12(10-6-11(18)7-10)16-14(19)13-5-9(8-17)3-4-15-13/h3-5,10-12,17-18H,2,6-8H2,1H3,(H,16,19)/t10?,11?,12-/m0/s1. The highest BCUT2D eigenvalue weighted by Crippen LogP contribution is 2.31. The Hall–Kier alpha value is -1.46. The lowest BCUT2D eigenvalue weighted by Gasteiger charge is -2.37. The first kappa shape index (κ1) is 14.0. The Kier molecular flexibility index (Phi) is 4.50. The second kappa shape index (κ2) is 6.12. The van der Waals surface area contributed by atoms with E-state index in [0.717, 1.165) is 19.3 Å². The van der Waals surface area contributed by atoms with Crippen molar-refractivity contribution in [2.75, 3.05) is 0 Å². The molecule has 0 unspecified atom stereocenters. The monoisotopic (exact) mass is 264 g/mol. The Labute approximate surface area is 112 Å². The fourth-order valence-electron chi connectivity index (χ4n) is 2.45. The van der Waals surface area contributed by atoms with Gasteiger partial charge < -0.3 is 15.5 Å². The summed E-state index contributed by atoms with van der Waals surface area (Å²) in [6, 6.07) is 3.35. The van der Waals surface area contributed by atoms with Crippen LogP contribution in [0.4, 0.5) is 0 Å². The summed E-state index contributed by atoms with van der Waals surface area (Å²) in [6.07, 6.45) is 3.65. The number of hydrogen-bond acceptors (Lipinski definition) is 4. The van der Waals surface area contributed by atoms with E-state index in [1.165, 1.54) is 6.20 Å². The summed E-state index contributed by atoms with van der Waals surface area (Å²) in [4.78, 5) is 16.1. The van der Waals surface area contributed by atoms with Gasteiger partial charge in [0.15, 0.2) is 0 Å². The third-order valence-corrected chi connectivity index (χ3v) is 3.71. The Morgan fingerprint density at radius 2 is 2.32 bits per heavy atom. The van der Waals surface area contributed by atoms with Gasteiger partial charge in [0.05, 0.1) is 12.7 Å². The van der Waals surface area contributed by atoms with Crippen molar-refractivity contribution in [2.24, 2.45) is 5.92 Å². The molecule has 5 heteroatoms. The molecular weight excluding hydrogens is 244 g/mol. The number of nitrogens with zero attached hydrogens (tertiary/aromatic N) is 1. The maximum atomic E-state index is 12.1. The van der Waals surface area contributed by atoms with E-state index in [-0.39, 0.29) is 24.7 Å². The predicted molar refractivity (Wildman–Crippen MR) is 70.4 cm³/mol. The summed E-state index contributed by atoms with van der Waals surface area (Å²) in [5.74, 6) is 0.133. The molecule has 0 saturated heterocycles. The maximum absolute atomic E-state index is 12.1. The molecule has 0 radical (unpaired) electrons. The summed E-state index contributed by atoms with van der Waals surface area (Å²) in [5, 5.41) is 21.3. The lowest BCUT2D eigenvalue weighted by atomic mass is 9.76. The molecule has 5 nitrogen and oxygen atoms in total. The number of rotatable bonds is 5. The fraction of sp³-hybridized carbons (Fsp3) is 0.571. The highest BCUT2D eigenvalue weighted by atomic mass is 16.3. The number of hydrogen-bond donors (Lipinski definition) is 3. The smallest absolute Gasteiger partial charge is 0.270 e. The number of aliphatic hydroxyl groups is 2. The zero-order valence-electron chi connectivity index (χ0n) is 11.0. The Balaban J connectivity index is 1.98. The van der Waals surface area contributed by atoms with Crippen LogP contribution in [0, 0.1) is 5.92 Å². The summed E-state index contributed by atoms with van der Waals surface area (Å²) < 4.78 is 0. The van der Waals surface area contributed by atoms with Gasteiger partial charge in [0.1, 0.15) is 5.69 Å². The molecule has 0 bridgehead atoms. The predicted octanol–water partition coefficient (Wildman–Crippen LogP) is 0.853. The maximum Gasteiger partial charge on any atom is 0.270 e. The molecule has 1 amide bonds. The van der Waals surface area contributed by atoms with E-state index in [1.807, 2.05) is 6.92 Å². The van der Waals surface area contributed by atoms with Gasteiger partial charge in [0.25, 0.3) is 5.91 Å². The molecule has 1 saturated carbocycles. The largest absolute Gasteiger partial charge is 0.393 e. The van der Waals surface area contributed by atoms with Crippen molar-refractivity contribution in [3.8, 4) is 0 Å². The van der Waals surface area contributed by atoms with E-state index in [2.05, 4.69) is 10.3 Å². The normalized spacial score (nSPS) is 23.5. The highest BCUT2D eigenvalue weighted by Gasteiger charge is 2.33. The number of pyridine rings is 1. The van der Waals surface area contributed by atoms with Crippen molar-refractivity contribution in [1.82, 2.24) is 10.3 Å².